The molecule has 0 aliphatic carbocycles. The molecule has 1 unspecified atom stereocenters. The van der Waals surface area contributed by atoms with Gasteiger partial charge in [0.15, 0.2) is 0 Å². The van der Waals surface area contributed by atoms with Crippen LogP contribution in [0, 0.1) is 0 Å². The van der Waals surface area contributed by atoms with Gasteiger partial charge in [-0.3, -0.25) is 9.80 Å². The molecule has 10 heteroatoms. The van der Waals surface area contributed by atoms with Gasteiger partial charge < -0.3 is 24.7 Å². The van der Waals surface area contributed by atoms with Crippen molar-refractivity contribution in [2.75, 3.05) is 89.5 Å². The fraction of sp³-hybridized carbons (Fsp3) is 0.500. The number of ether oxygens (including phenoxy) is 4. The number of hydrogen-bond donors (Lipinski definition) is 1. The number of morpholine rings is 2. The average Bonchev–Trinajstić information content (AvgIpc) is 2.92. The zero-order valence-electron chi connectivity index (χ0n) is 22.5. The highest BCUT2D eigenvalue weighted by Gasteiger charge is 2.10. The van der Waals surface area contributed by atoms with Crippen LogP contribution in [0.3, 0.4) is 0 Å². The molecule has 36 heavy (non-hydrogen) atoms. The van der Waals surface area contributed by atoms with E-state index >= 15 is 0 Å². The molecule has 1 atom stereocenters. The summed E-state index contributed by atoms with van der Waals surface area (Å²) in [7, 11) is 0. The van der Waals surface area contributed by atoms with Crippen molar-refractivity contribution in [3.05, 3.63) is 48.5 Å². The smallest absolute Gasteiger partial charge is 0.119 e. The topological polar surface area (TPSA) is 81.8 Å². The lowest BCUT2D eigenvalue weighted by Crippen LogP contribution is -2.38. The Morgan fingerprint density at radius 1 is 0.944 bits per heavy atom. The highest BCUT2D eigenvalue weighted by molar-refractivity contribution is 14.1. The number of alkyl halides is 1. The van der Waals surface area contributed by atoms with Gasteiger partial charge in [-0.15, -0.1) is 0 Å². The minimum atomic E-state index is -0.697. The first kappa shape index (κ1) is 27.3. The van der Waals surface area contributed by atoms with Crippen LogP contribution in [0.25, 0.3) is 0 Å². The van der Waals surface area contributed by atoms with Crippen LogP contribution in [0.2, 0.25) is 0 Å². The second-order valence-corrected chi connectivity index (χ2v) is 8.05. The van der Waals surface area contributed by atoms with Gasteiger partial charge in [0.25, 0.3) is 0 Å². The minimum Gasteiger partial charge on any atom is -0.492 e. The highest BCUT2D eigenvalue weighted by Crippen LogP contribution is 2.17. The molecule has 2 N–H and O–H groups in total. The first-order chi connectivity index (χ1) is 18.5. The number of nitrogens with zero attached hydrogens (tertiary/aromatic N) is 3. The van der Waals surface area contributed by atoms with Crippen molar-refractivity contribution < 1.29 is 21.7 Å². The number of rotatable bonds is 9. The first-order valence-electron chi connectivity index (χ1n) is 13.0. The molecule has 2 aliphatic heterocycles. The van der Waals surface area contributed by atoms with Gasteiger partial charge in [-0.2, -0.15) is 4.99 Å². The molecule has 2 heterocycles. The molecule has 198 valence electrons. The summed E-state index contributed by atoms with van der Waals surface area (Å²) in [6.45, 7) is 10.6. The molecular formula is C26H37IN4O4S. The largest absolute Gasteiger partial charge is 0.492 e. The van der Waals surface area contributed by atoms with E-state index in [1.807, 2.05) is 48.5 Å². The van der Waals surface area contributed by atoms with Gasteiger partial charge in [0.2, 0.25) is 0 Å². The quantitative estimate of drug-likeness (QED) is 0.145. The Morgan fingerprint density at radius 2 is 1.36 bits per heavy atom. The van der Waals surface area contributed by atoms with Gasteiger partial charge in [0, 0.05) is 47.7 Å². The molecule has 2 aliphatic rings. The maximum atomic E-state index is 6.24. The van der Waals surface area contributed by atoms with Crippen molar-refractivity contribution in [2.45, 2.75) is 0 Å². The highest BCUT2D eigenvalue weighted by atomic mass is 127. The summed E-state index contributed by atoms with van der Waals surface area (Å²) in [5, 5.41) is 2.34. The zero-order chi connectivity index (χ0) is 27.4. The molecule has 2 aromatic carbocycles. The molecule has 0 aromatic heterocycles. The molecule has 0 saturated carbocycles. The van der Waals surface area contributed by atoms with Gasteiger partial charge in [0.1, 0.15) is 24.7 Å². The second kappa shape index (κ2) is 19.3. The fourth-order valence-electron chi connectivity index (χ4n) is 3.47. The maximum Gasteiger partial charge on any atom is 0.119 e. The third-order valence-electron chi connectivity index (χ3n) is 5.45. The lowest BCUT2D eigenvalue weighted by Gasteiger charge is -2.26. The molecule has 2 fully saturated rings. The van der Waals surface area contributed by atoms with Crippen molar-refractivity contribution in [1.82, 2.24) is 9.80 Å². The summed E-state index contributed by atoms with van der Waals surface area (Å²) in [6, 6.07) is 15.0. The van der Waals surface area contributed by atoms with E-state index in [0.29, 0.717) is 13.2 Å². The SMILES string of the molecule is Nc1ccc(OCCN2CCOCC2)cc1.S=C=Nc1ccc(OCCN2CCOCC2)cc1.[2H]C([3H])I. The van der Waals surface area contributed by atoms with Gasteiger partial charge >= 0.3 is 0 Å². The fourth-order valence-corrected chi connectivity index (χ4v) is 3.57. The summed E-state index contributed by atoms with van der Waals surface area (Å²) in [5.41, 5.74) is 7.16. The van der Waals surface area contributed by atoms with E-state index in [1.165, 1.54) is 0 Å². The first-order valence-corrected chi connectivity index (χ1v) is 13.5. The Morgan fingerprint density at radius 3 is 1.78 bits per heavy atom. The van der Waals surface area contributed by atoms with E-state index in [1.54, 1.807) is 22.6 Å². The molecule has 0 amide bonds. The van der Waals surface area contributed by atoms with Crippen LogP contribution >= 0.6 is 34.8 Å². The number of isothiocyanates is 1. The number of hydrogen-bond acceptors (Lipinski definition) is 9. The Labute approximate surface area is 236 Å². The maximum absolute atomic E-state index is 6.24. The summed E-state index contributed by atoms with van der Waals surface area (Å²) in [4.78, 5) is 7.88. The standard InChI is InChI=1S/C13H16N2O2S.C12H18N2O2.CH3I/c18-11-14-12-1-3-13(4-2-12)17-10-7-15-5-8-16-9-6-15;13-11-1-3-12(4-2-11)16-10-7-14-5-8-15-9-6-14;1-2/h1-4H,5-10H2;1-4H,5-10,13H2;1H3/i;;1TD. The van der Waals surface area contributed by atoms with Crippen LogP contribution < -0.4 is 15.2 Å². The van der Waals surface area contributed by atoms with Crippen LogP contribution in [0.1, 0.15) is 2.74 Å². The third kappa shape index (κ3) is 13.0. The van der Waals surface area contributed by atoms with Crippen LogP contribution in [0.5, 0.6) is 11.5 Å². The van der Waals surface area contributed by atoms with E-state index in [4.69, 9.17) is 27.4 Å². The lowest BCUT2D eigenvalue weighted by atomic mass is 10.3. The molecule has 0 spiro atoms. The van der Waals surface area contributed by atoms with Crippen LogP contribution in [0.15, 0.2) is 53.5 Å². The number of thiocarbonyl (C=S) groups is 1. The summed E-state index contributed by atoms with van der Waals surface area (Å²) in [5.74, 6) is 1.73. The van der Waals surface area contributed by atoms with E-state index in [0.717, 1.165) is 88.6 Å². The molecular weight excluding hydrogens is 591 g/mol. The summed E-state index contributed by atoms with van der Waals surface area (Å²) in [6.07, 6.45) is 0. The van der Waals surface area contributed by atoms with Crippen LogP contribution in [0.4, 0.5) is 11.4 Å². The monoisotopic (exact) mass is 631 g/mol. The van der Waals surface area contributed by atoms with E-state index in [2.05, 4.69) is 32.2 Å². The number of aliphatic imine (C=N–C) groups is 1. The minimum absolute atomic E-state index is 0.690. The molecule has 0 bridgehead atoms. The van der Waals surface area contributed by atoms with Gasteiger partial charge in [0.05, 0.1) is 37.3 Å². The second-order valence-electron chi connectivity index (χ2n) is 7.87. The van der Waals surface area contributed by atoms with Crippen molar-refractivity contribution in [3.8, 4) is 11.5 Å². The predicted molar refractivity (Wildman–Crippen MR) is 157 cm³/mol. The Kier molecular flexibility index (Phi) is 14.6. The Balaban J connectivity index is 0.000000235. The number of anilines is 1. The molecule has 4 rings (SSSR count). The third-order valence-corrected chi connectivity index (χ3v) is 5.54. The Hall–Kier alpha value is -1.79. The molecule has 0 radical (unpaired) electrons. The molecule has 2 saturated heterocycles. The predicted octanol–water partition coefficient (Wildman–Crippen LogP) is 4.16. The van der Waals surface area contributed by atoms with Crippen LogP contribution in [-0.2, 0) is 9.47 Å². The van der Waals surface area contributed by atoms with Crippen molar-refractivity contribution >= 4 is 51.3 Å². The van der Waals surface area contributed by atoms with Crippen molar-refractivity contribution in [1.29, 1.82) is 0 Å². The number of benzene rings is 2. The van der Waals surface area contributed by atoms with Crippen molar-refractivity contribution in [2.24, 2.45) is 4.99 Å². The zero-order valence-corrected chi connectivity index (χ0v) is 23.5. The summed E-state index contributed by atoms with van der Waals surface area (Å²) < 4.78 is 34.3. The number of nitrogens with two attached hydrogens (primary N) is 1. The van der Waals surface area contributed by atoms with Gasteiger partial charge in [-0.1, -0.05) is 22.6 Å². The molecule has 8 nitrogen and oxygen atoms in total. The average molecular weight is 632 g/mol. The van der Waals surface area contributed by atoms with E-state index in [9.17, 15) is 0 Å². The molecule has 2 aromatic rings. The number of nitrogen functional groups attached to an aromatic ring is 1. The summed E-state index contributed by atoms with van der Waals surface area (Å²) >= 11 is 6.22. The Bertz CT molecular complexity index is 923. The van der Waals surface area contributed by atoms with E-state index < -0.39 is 4.88 Å². The van der Waals surface area contributed by atoms with Crippen molar-refractivity contribution in [3.63, 3.8) is 0 Å². The van der Waals surface area contributed by atoms with Crippen LogP contribution in [-0.4, -0.2) is 98.8 Å². The normalized spacial score (nSPS) is 17.5. The van der Waals surface area contributed by atoms with E-state index in [-0.39, 0.29) is 0 Å². The lowest BCUT2D eigenvalue weighted by molar-refractivity contribution is 0.0321. The van der Waals surface area contributed by atoms with Gasteiger partial charge in [-0.05, 0) is 65.6 Å². The van der Waals surface area contributed by atoms with Gasteiger partial charge in [-0.25, -0.2) is 0 Å². The number of halogens is 1.